The van der Waals surface area contributed by atoms with Crippen molar-refractivity contribution in [1.29, 1.82) is 0 Å². The number of unbranched alkanes of at least 4 members (excludes halogenated alkanes) is 11. The van der Waals surface area contributed by atoms with Crippen molar-refractivity contribution in [3.05, 3.63) is 40.5 Å². The molecule has 2 heterocycles. The quantitative estimate of drug-likeness (QED) is 0.185. The molecule has 0 saturated carbocycles. The Morgan fingerprint density at radius 1 is 0.946 bits per heavy atom. The van der Waals surface area contributed by atoms with E-state index in [2.05, 4.69) is 48.2 Å². The second-order valence-electron chi connectivity index (χ2n) is 11.3. The lowest BCUT2D eigenvalue weighted by atomic mass is 9.92. The molecule has 3 rings (SSSR count). The van der Waals surface area contributed by atoms with Crippen molar-refractivity contribution in [2.24, 2.45) is 0 Å². The number of fused-ring (bicyclic) bond motifs is 1. The fourth-order valence-electron chi connectivity index (χ4n) is 4.68. The highest BCUT2D eigenvalue weighted by atomic mass is 35.5. The third kappa shape index (κ3) is 9.17. The lowest BCUT2D eigenvalue weighted by Crippen LogP contribution is -2.26. The van der Waals surface area contributed by atoms with Crippen LogP contribution < -0.4 is 5.32 Å². The highest BCUT2D eigenvalue weighted by molar-refractivity contribution is 6.34. The number of aromatic amines is 1. The zero-order chi connectivity index (χ0) is 26.7. The van der Waals surface area contributed by atoms with Gasteiger partial charge in [0.2, 0.25) is 5.91 Å². The van der Waals surface area contributed by atoms with Gasteiger partial charge in [-0.2, -0.15) is 5.10 Å². The molecule has 0 atom stereocenters. The predicted octanol–water partition coefficient (Wildman–Crippen LogP) is 8.04. The smallest absolute Gasteiger partial charge is 0.224 e. The molecule has 2 aromatic heterocycles. The van der Waals surface area contributed by atoms with Gasteiger partial charge in [0.05, 0.1) is 12.1 Å². The fourth-order valence-corrected chi connectivity index (χ4v) is 5.12. The summed E-state index contributed by atoms with van der Waals surface area (Å²) in [6, 6.07) is 7.91. The van der Waals surface area contributed by atoms with Gasteiger partial charge in [-0.3, -0.25) is 4.79 Å². The van der Waals surface area contributed by atoms with E-state index >= 15 is 0 Å². The first-order valence-electron chi connectivity index (χ1n) is 14.3. The third-order valence-corrected chi connectivity index (χ3v) is 7.23. The summed E-state index contributed by atoms with van der Waals surface area (Å²) < 4.78 is 1.56. The molecule has 7 heteroatoms. The fraction of sp³-hybridized carbons (Fsp3) is 0.633. The normalized spacial score (nSPS) is 11.9. The van der Waals surface area contributed by atoms with Crippen LogP contribution >= 0.6 is 11.6 Å². The van der Waals surface area contributed by atoms with Gasteiger partial charge in [0.25, 0.3) is 0 Å². The zero-order valence-corrected chi connectivity index (χ0v) is 24.1. The van der Waals surface area contributed by atoms with Crippen LogP contribution in [0, 0.1) is 0 Å². The van der Waals surface area contributed by atoms with Crippen molar-refractivity contribution in [2.75, 3.05) is 6.54 Å². The maximum Gasteiger partial charge on any atom is 0.224 e. The predicted molar refractivity (Wildman–Crippen MR) is 154 cm³/mol. The molecule has 2 N–H and O–H groups in total. The standard InChI is InChI=1S/C30H46ClN5O/c1-5-6-7-8-9-10-11-12-13-14-15-16-20-32-25(37)22-23-18-17-19-24(21-23)28-33-29-26(31)27(30(2,3)4)34-36(29)35-28/h17-19,21H,5-16,20,22H2,1-4H3,(H,32,37)(H,33,35). The summed E-state index contributed by atoms with van der Waals surface area (Å²) in [5.41, 5.74) is 3.21. The number of rotatable bonds is 16. The summed E-state index contributed by atoms with van der Waals surface area (Å²) in [4.78, 5) is 15.8. The largest absolute Gasteiger partial charge is 0.356 e. The van der Waals surface area contributed by atoms with Crippen molar-refractivity contribution < 1.29 is 4.79 Å². The second kappa shape index (κ2) is 14.6. The van der Waals surface area contributed by atoms with E-state index < -0.39 is 0 Å². The molecule has 1 amide bonds. The van der Waals surface area contributed by atoms with E-state index in [4.69, 9.17) is 11.6 Å². The van der Waals surface area contributed by atoms with E-state index in [1.165, 1.54) is 70.6 Å². The van der Waals surface area contributed by atoms with Crippen molar-refractivity contribution in [3.8, 4) is 11.4 Å². The van der Waals surface area contributed by atoms with Crippen molar-refractivity contribution in [1.82, 2.24) is 25.1 Å². The molecule has 0 aliphatic rings. The minimum Gasteiger partial charge on any atom is -0.356 e. The van der Waals surface area contributed by atoms with Gasteiger partial charge in [-0.15, -0.1) is 9.73 Å². The van der Waals surface area contributed by atoms with Crippen molar-refractivity contribution >= 4 is 23.2 Å². The molecular formula is C30H46ClN5O. The van der Waals surface area contributed by atoms with E-state index in [0.717, 1.165) is 29.8 Å². The number of carbonyl (C=O) groups excluding carboxylic acids is 1. The number of nitrogens with zero attached hydrogens (tertiary/aromatic N) is 3. The monoisotopic (exact) mass is 527 g/mol. The average molecular weight is 528 g/mol. The van der Waals surface area contributed by atoms with Crippen LogP contribution in [-0.4, -0.2) is 32.3 Å². The minimum absolute atomic E-state index is 0.0623. The molecule has 0 spiro atoms. The SMILES string of the molecule is CCCCCCCCCCCCCCNC(=O)Cc1cccc(-c2nn3nc(C(C)(C)C)c(Cl)c3[nH]2)c1. The summed E-state index contributed by atoms with van der Waals surface area (Å²) >= 11 is 6.56. The molecule has 3 aromatic rings. The van der Waals surface area contributed by atoms with Crippen LogP contribution in [0.2, 0.25) is 5.02 Å². The van der Waals surface area contributed by atoms with Gasteiger partial charge in [0, 0.05) is 17.5 Å². The van der Waals surface area contributed by atoms with Crippen LogP contribution in [0.5, 0.6) is 0 Å². The van der Waals surface area contributed by atoms with Gasteiger partial charge in [0.15, 0.2) is 11.5 Å². The Balaban J connectivity index is 1.35. The number of halogens is 1. The van der Waals surface area contributed by atoms with E-state index in [0.29, 0.717) is 22.9 Å². The average Bonchev–Trinajstić information content (AvgIpc) is 3.41. The first kappa shape index (κ1) is 29.2. The molecule has 0 aliphatic carbocycles. The first-order valence-corrected chi connectivity index (χ1v) is 14.7. The summed E-state index contributed by atoms with van der Waals surface area (Å²) in [6.45, 7) is 9.25. The van der Waals surface area contributed by atoms with Gasteiger partial charge in [-0.25, -0.2) is 0 Å². The van der Waals surface area contributed by atoms with Gasteiger partial charge in [0.1, 0.15) is 5.02 Å². The summed E-state index contributed by atoms with van der Waals surface area (Å²) in [5, 5.41) is 12.8. The van der Waals surface area contributed by atoms with Crippen molar-refractivity contribution in [3.63, 3.8) is 0 Å². The number of benzene rings is 1. The lowest BCUT2D eigenvalue weighted by Gasteiger charge is -2.14. The number of carbonyl (C=O) groups is 1. The van der Waals surface area contributed by atoms with E-state index in [-0.39, 0.29) is 11.3 Å². The number of hydrogen-bond donors (Lipinski definition) is 2. The molecule has 204 valence electrons. The van der Waals surface area contributed by atoms with Gasteiger partial charge < -0.3 is 10.3 Å². The van der Waals surface area contributed by atoms with Crippen LogP contribution in [0.3, 0.4) is 0 Å². The van der Waals surface area contributed by atoms with E-state index in [1.54, 1.807) is 4.63 Å². The number of amides is 1. The molecule has 37 heavy (non-hydrogen) atoms. The first-order chi connectivity index (χ1) is 17.8. The lowest BCUT2D eigenvalue weighted by molar-refractivity contribution is -0.120. The van der Waals surface area contributed by atoms with E-state index in [1.807, 2.05) is 24.3 Å². The highest BCUT2D eigenvalue weighted by Gasteiger charge is 2.25. The molecule has 0 fully saturated rings. The number of hydrogen-bond acceptors (Lipinski definition) is 3. The zero-order valence-electron chi connectivity index (χ0n) is 23.3. The second-order valence-corrected chi connectivity index (χ2v) is 11.7. The summed E-state index contributed by atoms with van der Waals surface area (Å²) in [7, 11) is 0. The van der Waals surface area contributed by atoms with Gasteiger partial charge >= 0.3 is 0 Å². The van der Waals surface area contributed by atoms with Crippen LogP contribution in [0.15, 0.2) is 24.3 Å². The van der Waals surface area contributed by atoms with Crippen LogP contribution in [-0.2, 0) is 16.6 Å². The molecule has 6 nitrogen and oxygen atoms in total. The van der Waals surface area contributed by atoms with Crippen LogP contribution in [0.25, 0.3) is 17.0 Å². The van der Waals surface area contributed by atoms with Crippen LogP contribution in [0.4, 0.5) is 0 Å². The maximum absolute atomic E-state index is 12.5. The minimum atomic E-state index is -0.160. The molecular weight excluding hydrogens is 482 g/mol. The molecule has 0 radical (unpaired) electrons. The number of nitrogens with one attached hydrogen (secondary N) is 2. The summed E-state index contributed by atoms with van der Waals surface area (Å²) in [5.74, 6) is 0.746. The Kier molecular flexibility index (Phi) is 11.5. The van der Waals surface area contributed by atoms with Crippen LogP contribution in [0.1, 0.15) is 116 Å². The Morgan fingerprint density at radius 3 is 2.16 bits per heavy atom. The van der Waals surface area contributed by atoms with Gasteiger partial charge in [-0.05, 0) is 18.1 Å². The van der Waals surface area contributed by atoms with E-state index in [9.17, 15) is 4.79 Å². The molecule has 0 saturated heterocycles. The maximum atomic E-state index is 12.5. The third-order valence-electron chi connectivity index (χ3n) is 6.87. The summed E-state index contributed by atoms with van der Waals surface area (Å²) in [6.07, 6.45) is 16.2. The molecule has 0 aliphatic heterocycles. The Morgan fingerprint density at radius 2 is 1.57 bits per heavy atom. The molecule has 0 unspecified atom stereocenters. The number of aromatic nitrogens is 4. The topological polar surface area (TPSA) is 75.1 Å². The highest BCUT2D eigenvalue weighted by Crippen LogP contribution is 2.31. The Bertz CT molecular complexity index is 1110. The Hall–Kier alpha value is -2.34. The Labute approximate surface area is 228 Å². The molecule has 1 aromatic carbocycles. The number of H-pyrrole nitrogens is 1. The molecule has 0 bridgehead atoms. The van der Waals surface area contributed by atoms with Crippen molar-refractivity contribution in [2.45, 2.75) is 117 Å². The van der Waals surface area contributed by atoms with Gasteiger partial charge in [-0.1, -0.05) is 128 Å².